The highest BCUT2D eigenvalue weighted by atomic mass is 32.2. The number of hydrogen-bond acceptors (Lipinski definition) is 8. The molecule has 3 aromatic rings. The van der Waals surface area contributed by atoms with Crippen LogP contribution in [0.3, 0.4) is 0 Å². The molecule has 1 aromatic heterocycles. The van der Waals surface area contributed by atoms with Gasteiger partial charge in [-0.05, 0) is 43.2 Å². The number of rotatable bonds is 7. The van der Waals surface area contributed by atoms with Crippen molar-refractivity contribution in [1.82, 2.24) is 10.2 Å². The fraction of sp³-hybridized carbons (Fsp3) is 0.300. The molecule has 1 aliphatic heterocycles. The van der Waals surface area contributed by atoms with Crippen LogP contribution >= 0.6 is 11.8 Å². The van der Waals surface area contributed by atoms with Gasteiger partial charge in [-0.1, -0.05) is 30.0 Å². The minimum Gasteiger partial charge on any atom is -0.490 e. The van der Waals surface area contributed by atoms with Crippen molar-refractivity contribution in [3.63, 3.8) is 0 Å². The molecule has 7 nitrogen and oxygen atoms in total. The predicted octanol–water partition coefficient (Wildman–Crippen LogP) is 3.61. The number of thioether (sulfide) groups is 1. The van der Waals surface area contributed by atoms with Gasteiger partial charge in [0, 0.05) is 11.3 Å². The monoisotopic (exact) mass is 400 g/mol. The zero-order valence-corrected chi connectivity index (χ0v) is 16.4. The number of aliphatic hydroxyl groups is 1. The lowest BCUT2D eigenvalue weighted by molar-refractivity contribution is 0.125. The van der Waals surface area contributed by atoms with Crippen molar-refractivity contribution in [3.8, 4) is 28.7 Å². The van der Waals surface area contributed by atoms with E-state index in [9.17, 15) is 5.11 Å². The minimum atomic E-state index is -0.662. The molecule has 0 unspecified atom stereocenters. The minimum absolute atomic E-state index is 0.196. The van der Waals surface area contributed by atoms with Gasteiger partial charge < -0.3 is 23.7 Å². The summed E-state index contributed by atoms with van der Waals surface area (Å²) in [6.07, 6.45) is -0.662. The molecule has 146 valence electrons. The lowest BCUT2D eigenvalue weighted by atomic mass is 10.1. The second-order valence-electron chi connectivity index (χ2n) is 6.44. The van der Waals surface area contributed by atoms with E-state index in [2.05, 4.69) is 10.2 Å². The molecule has 4 rings (SSSR count). The average Bonchev–Trinajstić information content (AvgIpc) is 3.34. The second-order valence-corrected chi connectivity index (χ2v) is 7.41. The molecule has 0 fully saturated rings. The Hall–Kier alpha value is -2.71. The van der Waals surface area contributed by atoms with Crippen LogP contribution < -0.4 is 14.2 Å². The number of aliphatic hydroxyl groups excluding tert-OH is 1. The number of fused-ring (bicyclic) bond motifs is 1. The van der Waals surface area contributed by atoms with Crippen molar-refractivity contribution in [2.24, 2.45) is 0 Å². The third kappa shape index (κ3) is 4.07. The standard InChI is InChI=1S/C20H20N2O5S/c1-12-4-3-5-13(2)18(12)24-9-15(23)10-28-20-22-21-19(27-20)14-6-7-16-17(8-14)26-11-25-16/h3-8,15,23H,9-11H2,1-2H3/t15-/m0/s1. The van der Waals surface area contributed by atoms with E-state index in [0.717, 1.165) is 22.4 Å². The van der Waals surface area contributed by atoms with E-state index in [1.807, 2.05) is 44.2 Å². The molecule has 0 amide bonds. The number of hydrogen-bond donors (Lipinski definition) is 1. The lowest BCUT2D eigenvalue weighted by Crippen LogP contribution is -2.20. The maximum absolute atomic E-state index is 10.2. The zero-order chi connectivity index (χ0) is 19.5. The first-order valence-corrected chi connectivity index (χ1v) is 9.82. The lowest BCUT2D eigenvalue weighted by Gasteiger charge is -2.14. The van der Waals surface area contributed by atoms with Gasteiger partial charge in [-0.3, -0.25) is 0 Å². The molecule has 0 saturated heterocycles. The summed E-state index contributed by atoms with van der Waals surface area (Å²) in [5, 5.41) is 18.7. The number of benzene rings is 2. The average molecular weight is 400 g/mol. The van der Waals surface area contributed by atoms with Crippen LogP contribution in [0.1, 0.15) is 11.1 Å². The summed E-state index contributed by atoms with van der Waals surface area (Å²) in [6.45, 7) is 4.38. The Labute approximate surface area is 166 Å². The Bertz CT molecular complexity index is 955. The first-order chi connectivity index (χ1) is 13.6. The molecule has 0 bridgehead atoms. The van der Waals surface area contributed by atoms with Crippen molar-refractivity contribution in [2.75, 3.05) is 19.2 Å². The molecule has 0 spiro atoms. The number of ether oxygens (including phenoxy) is 3. The van der Waals surface area contributed by atoms with Crippen LogP contribution in [0.4, 0.5) is 0 Å². The van der Waals surface area contributed by atoms with Gasteiger partial charge in [0.2, 0.25) is 12.7 Å². The maximum atomic E-state index is 10.2. The fourth-order valence-corrected chi connectivity index (χ4v) is 3.50. The molecule has 1 aliphatic rings. The summed E-state index contributed by atoms with van der Waals surface area (Å²) in [5.41, 5.74) is 2.85. The van der Waals surface area contributed by atoms with Crippen molar-refractivity contribution in [1.29, 1.82) is 0 Å². The predicted molar refractivity (Wildman–Crippen MR) is 104 cm³/mol. The van der Waals surface area contributed by atoms with Crippen LogP contribution in [-0.4, -0.2) is 40.6 Å². The molecule has 0 aliphatic carbocycles. The van der Waals surface area contributed by atoms with Gasteiger partial charge in [-0.2, -0.15) is 0 Å². The van der Waals surface area contributed by atoms with E-state index in [1.165, 1.54) is 11.8 Å². The van der Waals surface area contributed by atoms with Gasteiger partial charge in [-0.25, -0.2) is 0 Å². The topological polar surface area (TPSA) is 86.8 Å². The van der Waals surface area contributed by atoms with Gasteiger partial charge >= 0.3 is 0 Å². The van der Waals surface area contributed by atoms with Gasteiger partial charge in [0.05, 0.1) is 6.10 Å². The quantitative estimate of drug-likeness (QED) is 0.602. The van der Waals surface area contributed by atoms with Gasteiger partial charge in [-0.15, -0.1) is 10.2 Å². The number of aryl methyl sites for hydroxylation is 2. The van der Waals surface area contributed by atoms with E-state index in [-0.39, 0.29) is 13.4 Å². The van der Waals surface area contributed by atoms with Gasteiger partial charge in [0.25, 0.3) is 5.22 Å². The Kier molecular flexibility index (Phi) is 5.40. The van der Waals surface area contributed by atoms with Crippen molar-refractivity contribution >= 4 is 11.8 Å². The molecule has 0 saturated carbocycles. The Morgan fingerprint density at radius 1 is 1.11 bits per heavy atom. The molecule has 0 radical (unpaired) electrons. The maximum Gasteiger partial charge on any atom is 0.276 e. The van der Waals surface area contributed by atoms with E-state index in [1.54, 1.807) is 6.07 Å². The van der Waals surface area contributed by atoms with Crippen molar-refractivity contribution in [2.45, 2.75) is 25.2 Å². The molecular weight excluding hydrogens is 380 g/mol. The summed E-state index contributed by atoms with van der Waals surface area (Å²) in [6, 6.07) is 11.4. The van der Waals surface area contributed by atoms with E-state index in [0.29, 0.717) is 28.4 Å². The zero-order valence-electron chi connectivity index (χ0n) is 15.5. The van der Waals surface area contributed by atoms with Crippen LogP contribution in [0.2, 0.25) is 0 Å². The summed E-state index contributed by atoms with van der Waals surface area (Å²) in [4.78, 5) is 0. The van der Waals surface area contributed by atoms with Crippen LogP contribution in [0.15, 0.2) is 46.0 Å². The van der Waals surface area contributed by atoms with Gasteiger partial charge in [0.1, 0.15) is 12.4 Å². The Morgan fingerprint density at radius 2 is 1.89 bits per heavy atom. The number of para-hydroxylation sites is 1. The van der Waals surface area contributed by atoms with Crippen molar-refractivity contribution in [3.05, 3.63) is 47.5 Å². The highest BCUT2D eigenvalue weighted by Crippen LogP contribution is 2.36. The van der Waals surface area contributed by atoms with E-state index < -0.39 is 6.10 Å². The summed E-state index contributed by atoms with van der Waals surface area (Å²) in [7, 11) is 0. The van der Waals surface area contributed by atoms with Crippen LogP contribution in [0.5, 0.6) is 17.2 Å². The highest BCUT2D eigenvalue weighted by Gasteiger charge is 2.17. The van der Waals surface area contributed by atoms with Crippen molar-refractivity contribution < 1.29 is 23.7 Å². The molecular formula is C20H20N2O5S. The first-order valence-electron chi connectivity index (χ1n) is 8.83. The van der Waals surface area contributed by atoms with Crippen LogP contribution in [0.25, 0.3) is 11.5 Å². The third-order valence-electron chi connectivity index (χ3n) is 4.25. The smallest absolute Gasteiger partial charge is 0.276 e. The fourth-order valence-electron chi connectivity index (χ4n) is 2.84. The Balaban J connectivity index is 1.32. The SMILES string of the molecule is Cc1cccc(C)c1OC[C@H](O)CSc1nnc(-c2ccc3c(c2)OCO3)o1. The summed E-state index contributed by atoms with van der Waals surface area (Å²) < 4.78 is 22.1. The van der Waals surface area contributed by atoms with Gasteiger partial charge in [0.15, 0.2) is 11.5 Å². The number of nitrogens with zero attached hydrogens (tertiary/aromatic N) is 2. The summed E-state index contributed by atoms with van der Waals surface area (Å²) in [5.74, 6) is 2.94. The highest BCUT2D eigenvalue weighted by molar-refractivity contribution is 7.99. The van der Waals surface area contributed by atoms with E-state index in [4.69, 9.17) is 18.6 Å². The molecule has 28 heavy (non-hydrogen) atoms. The molecule has 1 N–H and O–H groups in total. The van der Waals surface area contributed by atoms with E-state index >= 15 is 0 Å². The largest absolute Gasteiger partial charge is 0.490 e. The first kappa shape index (κ1) is 18.6. The number of aromatic nitrogens is 2. The normalized spacial score (nSPS) is 13.5. The Morgan fingerprint density at radius 3 is 2.71 bits per heavy atom. The molecule has 1 atom stereocenters. The second kappa shape index (κ2) is 8.12. The van der Waals surface area contributed by atoms with Crippen LogP contribution in [0, 0.1) is 13.8 Å². The third-order valence-corrected chi connectivity index (χ3v) is 5.22. The molecule has 2 aromatic carbocycles. The molecule has 2 heterocycles. The van der Waals surface area contributed by atoms with Crippen LogP contribution in [-0.2, 0) is 0 Å². The molecule has 8 heteroatoms. The summed E-state index contributed by atoms with van der Waals surface area (Å²) >= 11 is 1.29.